The maximum Gasteiger partial charge on any atom is 0.407 e. The number of carbonyl (C=O) groups is 2. The first-order chi connectivity index (χ1) is 26.4. The molecule has 7 rings (SSSR count). The van der Waals surface area contributed by atoms with Crippen LogP contribution in [-0.2, 0) is 24.8 Å². The van der Waals surface area contributed by atoms with Gasteiger partial charge in [-0.3, -0.25) is 9.69 Å². The molecule has 0 spiro atoms. The molecule has 0 aromatic heterocycles. The van der Waals surface area contributed by atoms with Crippen LogP contribution in [0.25, 0.3) is 0 Å². The molecule has 4 atom stereocenters. The minimum absolute atomic E-state index is 0.0746. The summed E-state index contributed by atoms with van der Waals surface area (Å²) in [6.07, 6.45) is 8.40. The lowest BCUT2D eigenvalue weighted by molar-refractivity contribution is -0.125. The van der Waals surface area contributed by atoms with Gasteiger partial charge in [-0.1, -0.05) is 31.6 Å². The van der Waals surface area contributed by atoms with Crippen LogP contribution in [0.5, 0.6) is 0 Å². The van der Waals surface area contributed by atoms with Gasteiger partial charge in [-0.25, -0.2) is 22.0 Å². The zero-order chi connectivity index (χ0) is 38.8. The molecular weight excluding hydrogens is 725 g/mol. The summed E-state index contributed by atoms with van der Waals surface area (Å²) in [5.41, 5.74) is 0.0104. The first-order valence-electron chi connectivity index (χ1n) is 20.2. The van der Waals surface area contributed by atoms with E-state index in [-0.39, 0.29) is 59.5 Å². The lowest BCUT2D eigenvalue weighted by Gasteiger charge is -2.54. The van der Waals surface area contributed by atoms with Crippen LogP contribution in [0.15, 0.2) is 66.1 Å². The maximum absolute atomic E-state index is 16.3. The fourth-order valence-electron chi connectivity index (χ4n) is 10.4. The Morgan fingerprint density at radius 2 is 1.69 bits per heavy atom. The van der Waals surface area contributed by atoms with Crippen LogP contribution in [0.1, 0.15) is 63.4 Å². The second kappa shape index (κ2) is 16.5. The molecule has 300 valence electrons. The number of hydrogen-bond donors (Lipinski definition) is 1. The first-order valence-corrected chi connectivity index (χ1v) is 21.7. The van der Waals surface area contributed by atoms with Gasteiger partial charge in [-0.2, -0.15) is 0 Å². The van der Waals surface area contributed by atoms with Gasteiger partial charge in [0.2, 0.25) is 5.91 Å². The van der Waals surface area contributed by atoms with E-state index in [1.807, 2.05) is 11.0 Å². The van der Waals surface area contributed by atoms with Crippen molar-refractivity contribution in [2.45, 2.75) is 85.1 Å². The Labute approximate surface area is 325 Å². The van der Waals surface area contributed by atoms with E-state index in [2.05, 4.69) is 27.8 Å². The predicted octanol–water partition coefficient (Wildman–Crippen LogP) is 5.58. The molecule has 1 aliphatic carbocycles. The van der Waals surface area contributed by atoms with Crippen LogP contribution in [-0.4, -0.2) is 125 Å². The molecule has 5 fully saturated rings. The Bertz CT molecular complexity index is 1800. The molecule has 10 nitrogen and oxygen atoms in total. The van der Waals surface area contributed by atoms with Crippen LogP contribution in [0.3, 0.4) is 0 Å². The van der Waals surface area contributed by atoms with Gasteiger partial charge in [0.25, 0.3) is 0 Å². The third kappa shape index (κ3) is 8.30. The highest BCUT2D eigenvalue weighted by Crippen LogP contribution is 2.51. The quantitative estimate of drug-likeness (QED) is 0.279. The molecule has 4 heterocycles. The van der Waals surface area contributed by atoms with E-state index < -0.39 is 26.8 Å². The Balaban J connectivity index is 1.00. The van der Waals surface area contributed by atoms with Gasteiger partial charge in [-0.05, 0) is 131 Å². The molecule has 2 amide bonds. The molecule has 2 aromatic rings. The lowest BCUT2D eigenvalue weighted by atomic mass is 9.57. The second-order valence-electron chi connectivity index (χ2n) is 16.7. The van der Waals surface area contributed by atoms with Crippen molar-refractivity contribution in [2.75, 3.05) is 77.5 Å². The highest BCUT2D eigenvalue weighted by molar-refractivity contribution is 7.92. The highest BCUT2D eigenvalue weighted by Gasteiger charge is 2.54. The number of amides is 2. The molecule has 0 radical (unpaired) electrons. The van der Waals surface area contributed by atoms with E-state index in [1.54, 1.807) is 35.2 Å². The monoisotopic (exact) mass is 781 g/mol. The molecular formula is C42H57F2N5O5S. The van der Waals surface area contributed by atoms with E-state index in [0.29, 0.717) is 19.5 Å². The molecule has 5 aliphatic rings. The maximum atomic E-state index is 16.3. The number of alkyl carbamates (subject to hydrolysis) is 1. The third-order valence-electron chi connectivity index (χ3n) is 13.3. The Morgan fingerprint density at radius 1 is 0.945 bits per heavy atom. The number of anilines is 1. The number of nitrogens with zero attached hydrogens (tertiary/aromatic N) is 4. The van der Waals surface area contributed by atoms with Crippen LogP contribution in [0.2, 0.25) is 0 Å². The zero-order valence-electron chi connectivity index (χ0n) is 32.1. The highest BCUT2D eigenvalue weighted by atomic mass is 32.2. The fraction of sp³-hybridized carbons (Fsp3) is 0.619. The van der Waals surface area contributed by atoms with Gasteiger partial charge in [0.05, 0.1) is 30.3 Å². The molecule has 1 saturated carbocycles. The van der Waals surface area contributed by atoms with Gasteiger partial charge in [-0.15, -0.1) is 0 Å². The van der Waals surface area contributed by atoms with Crippen LogP contribution >= 0.6 is 0 Å². The normalized spacial score (nSPS) is 26.3. The van der Waals surface area contributed by atoms with Gasteiger partial charge in [0, 0.05) is 43.3 Å². The Morgan fingerprint density at radius 3 is 2.35 bits per heavy atom. The van der Waals surface area contributed by atoms with Crippen molar-refractivity contribution in [3.05, 3.63) is 72.6 Å². The summed E-state index contributed by atoms with van der Waals surface area (Å²) in [5, 5.41) is 2.46. The first kappa shape index (κ1) is 39.7. The van der Waals surface area contributed by atoms with Crippen molar-refractivity contribution in [3.8, 4) is 0 Å². The van der Waals surface area contributed by atoms with E-state index in [4.69, 9.17) is 4.74 Å². The number of carbonyl (C=O) groups excluding carboxylic acids is 2. The van der Waals surface area contributed by atoms with Gasteiger partial charge in [0.1, 0.15) is 5.82 Å². The minimum Gasteiger partial charge on any atom is -0.453 e. The van der Waals surface area contributed by atoms with Crippen molar-refractivity contribution < 1.29 is 31.5 Å². The summed E-state index contributed by atoms with van der Waals surface area (Å²) < 4.78 is 63.5. The minimum atomic E-state index is -3.66. The third-order valence-corrected chi connectivity index (χ3v) is 15.5. The number of rotatable bonds is 12. The topological polar surface area (TPSA) is 103 Å². The van der Waals surface area contributed by atoms with Crippen molar-refractivity contribution in [2.24, 2.45) is 11.8 Å². The lowest BCUT2D eigenvalue weighted by Crippen LogP contribution is -2.65. The predicted molar refractivity (Wildman–Crippen MR) is 209 cm³/mol. The number of alkyl halides is 1. The summed E-state index contributed by atoms with van der Waals surface area (Å²) in [7, 11) is -2.27. The molecule has 4 saturated heterocycles. The molecule has 1 unspecified atom stereocenters. The van der Waals surface area contributed by atoms with E-state index in [1.165, 1.54) is 19.3 Å². The summed E-state index contributed by atoms with van der Waals surface area (Å²) in [4.78, 5) is 33.2. The fourth-order valence-corrected chi connectivity index (χ4v) is 12.1. The number of ether oxygens (including phenoxy) is 1. The van der Waals surface area contributed by atoms with Gasteiger partial charge < -0.3 is 24.8 Å². The van der Waals surface area contributed by atoms with Crippen molar-refractivity contribution in [1.29, 1.82) is 0 Å². The number of sulfone groups is 1. The molecule has 2 aromatic carbocycles. The number of halogens is 2. The molecule has 4 aliphatic heterocycles. The van der Waals surface area contributed by atoms with Crippen molar-refractivity contribution in [3.63, 3.8) is 0 Å². The zero-order valence-corrected chi connectivity index (χ0v) is 33.0. The number of likely N-dealkylation sites (tertiary alicyclic amines) is 3. The molecule has 13 heteroatoms. The SMILES string of the molecule is C=CC(=O)N1CCCCC(S(=O)(=O)c2ccc(N3CC(F)(CN4CCC([C@@](CN5CCC5)(c5cccc(F)c5)[C@H]5CCC[C@@H]5NC(=O)OC)CC4)C3)cc2)C1. The standard InChI is InChI=1S/C42H57F2N5O5S/c1-3-39(50)48-22-5-4-11-36(26-48)55(52,53)35-16-14-34(15-17-35)49-28-41(44,29-49)27-47-23-18-31(19-24-47)42(30-46-20-8-21-46,32-9-6-10-33(43)25-32)37-12-7-13-38(37)45-40(51)54-2/h3,6,9-10,14-17,25,31,36-38H,1,4-5,7-8,11-13,18-24,26-30H2,2H3,(H,45,51)/t36?,37-,38-,42-/m0/s1. The Hall–Kier alpha value is -3.55. The summed E-state index contributed by atoms with van der Waals surface area (Å²) >= 11 is 0. The average molecular weight is 782 g/mol. The van der Waals surface area contributed by atoms with E-state index in [9.17, 15) is 18.0 Å². The Kier molecular flexibility index (Phi) is 11.9. The van der Waals surface area contributed by atoms with Crippen LogP contribution in [0, 0.1) is 17.7 Å². The van der Waals surface area contributed by atoms with Crippen molar-refractivity contribution >= 4 is 27.5 Å². The number of hydrogen-bond acceptors (Lipinski definition) is 8. The van der Waals surface area contributed by atoms with E-state index in [0.717, 1.165) is 95.3 Å². The van der Waals surface area contributed by atoms with Crippen molar-refractivity contribution in [1.82, 2.24) is 20.0 Å². The second-order valence-corrected chi connectivity index (χ2v) is 18.9. The average Bonchev–Trinajstić information content (AvgIpc) is 3.46. The van der Waals surface area contributed by atoms with E-state index >= 15 is 8.78 Å². The number of methoxy groups -OCH3 is 1. The van der Waals surface area contributed by atoms with Gasteiger partial charge in [0.15, 0.2) is 15.5 Å². The summed E-state index contributed by atoms with van der Waals surface area (Å²) in [5.74, 6) is -0.164. The largest absolute Gasteiger partial charge is 0.453 e. The summed E-state index contributed by atoms with van der Waals surface area (Å²) in [6.45, 7) is 9.30. The number of nitrogens with one attached hydrogen (secondary N) is 1. The van der Waals surface area contributed by atoms with Crippen LogP contribution < -0.4 is 10.2 Å². The number of piperidine rings is 1. The number of benzene rings is 2. The smallest absolute Gasteiger partial charge is 0.407 e. The van der Waals surface area contributed by atoms with Gasteiger partial charge >= 0.3 is 6.09 Å². The van der Waals surface area contributed by atoms with Crippen LogP contribution in [0.4, 0.5) is 19.3 Å². The molecule has 1 N–H and O–H groups in total. The molecule has 0 bridgehead atoms. The molecule has 55 heavy (non-hydrogen) atoms. The summed E-state index contributed by atoms with van der Waals surface area (Å²) in [6, 6.07) is 13.8.